The quantitative estimate of drug-likeness (QED) is 0.663. The van der Waals surface area contributed by atoms with Crippen LogP contribution in [-0.2, 0) is 22.2 Å². The molecule has 0 unspecified atom stereocenters. The van der Waals surface area contributed by atoms with Gasteiger partial charge in [-0.25, -0.2) is 0 Å². The Morgan fingerprint density at radius 3 is 1.95 bits per heavy atom. The van der Waals surface area contributed by atoms with Gasteiger partial charge in [-0.15, -0.1) is 0 Å². The lowest BCUT2D eigenvalue weighted by atomic mass is 9.78. The molecule has 0 aromatic heterocycles. The minimum absolute atomic E-state index is 0.249. The van der Waals surface area contributed by atoms with E-state index < -0.39 is 0 Å². The number of benzene rings is 1. The number of hydrogen-bond donors (Lipinski definition) is 2. The summed E-state index contributed by atoms with van der Waals surface area (Å²) in [5, 5.41) is 0. The molecule has 0 spiro atoms. The van der Waals surface area contributed by atoms with Gasteiger partial charge in [-0.1, -0.05) is 6.07 Å². The van der Waals surface area contributed by atoms with Gasteiger partial charge in [0.2, 0.25) is 0 Å². The molecule has 0 amide bonds. The highest BCUT2D eigenvalue weighted by atomic mass is 16.7. The largest absolute Gasteiger partial charge is 0.462 e. The first-order valence-corrected chi connectivity index (χ1v) is 7.52. The summed E-state index contributed by atoms with van der Waals surface area (Å²) >= 11 is 0. The average Bonchev–Trinajstić information content (AvgIpc) is 2.58. The number of rotatable bonds is 3. The number of nitrogen functional groups attached to an aromatic ring is 1. The molecule has 2 rings (SSSR count). The molecule has 1 heterocycles. The SMILES string of the molecule is Cc1c(CN)cc(CB2OC(C)(C)C(C)(C)O2)c(C)c1N. The molecule has 0 bridgehead atoms. The highest BCUT2D eigenvalue weighted by Crippen LogP contribution is 2.38. The van der Waals surface area contributed by atoms with Crippen molar-refractivity contribution in [3.05, 3.63) is 28.3 Å². The predicted octanol–water partition coefficient (Wildman–Crippen LogP) is 2.52. The minimum Gasteiger partial charge on any atom is -0.403 e. The van der Waals surface area contributed by atoms with Crippen LogP contribution in [0.15, 0.2) is 6.07 Å². The Hall–Kier alpha value is -1.04. The first-order chi connectivity index (χ1) is 9.59. The average molecular weight is 290 g/mol. The molecule has 1 saturated heterocycles. The predicted molar refractivity (Wildman–Crippen MR) is 88.0 cm³/mol. The fourth-order valence-electron chi connectivity index (χ4n) is 2.71. The molecule has 5 heteroatoms. The summed E-state index contributed by atoms with van der Waals surface area (Å²) < 4.78 is 12.1. The van der Waals surface area contributed by atoms with E-state index in [1.807, 2.05) is 13.8 Å². The van der Waals surface area contributed by atoms with E-state index in [9.17, 15) is 0 Å². The van der Waals surface area contributed by atoms with Crippen molar-refractivity contribution >= 4 is 12.8 Å². The van der Waals surface area contributed by atoms with E-state index in [4.69, 9.17) is 20.8 Å². The smallest absolute Gasteiger partial charge is 0.403 e. The van der Waals surface area contributed by atoms with E-state index in [0.29, 0.717) is 12.9 Å². The third-order valence-electron chi connectivity index (χ3n) is 5.03. The van der Waals surface area contributed by atoms with Crippen LogP contribution in [0, 0.1) is 13.8 Å². The van der Waals surface area contributed by atoms with Gasteiger partial charge in [-0.3, -0.25) is 0 Å². The Bertz CT molecular complexity index is 540. The van der Waals surface area contributed by atoms with E-state index in [1.165, 1.54) is 0 Å². The molecule has 0 radical (unpaired) electrons. The summed E-state index contributed by atoms with van der Waals surface area (Å²) in [4.78, 5) is 0. The molecule has 1 aromatic carbocycles. The van der Waals surface area contributed by atoms with Gasteiger partial charge in [-0.05, 0) is 63.8 Å². The highest BCUT2D eigenvalue weighted by molar-refractivity contribution is 6.45. The van der Waals surface area contributed by atoms with Crippen molar-refractivity contribution in [1.29, 1.82) is 0 Å². The van der Waals surface area contributed by atoms with Crippen molar-refractivity contribution in [2.45, 2.75) is 65.6 Å². The molecule has 1 fully saturated rings. The second-order valence-corrected chi connectivity index (χ2v) is 6.95. The third-order valence-corrected chi connectivity index (χ3v) is 5.03. The molecule has 0 aliphatic carbocycles. The molecular formula is C16H27BN2O2. The van der Waals surface area contributed by atoms with E-state index >= 15 is 0 Å². The Morgan fingerprint density at radius 1 is 1.00 bits per heavy atom. The van der Waals surface area contributed by atoms with Crippen LogP contribution in [0.25, 0.3) is 0 Å². The van der Waals surface area contributed by atoms with Crippen molar-refractivity contribution in [3.8, 4) is 0 Å². The minimum atomic E-state index is -0.307. The summed E-state index contributed by atoms with van der Waals surface area (Å²) in [5.74, 6) is 0. The van der Waals surface area contributed by atoms with Crippen LogP contribution in [0.2, 0.25) is 0 Å². The van der Waals surface area contributed by atoms with Gasteiger partial charge in [0.15, 0.2) is 0 Å². The van der Waals surface area contributed by atoms with Crippen LogP contribution >= 0.6 is 0 Å². The monoisotopic (exact) mass is 290 g/mol. The number of hydrogen-bond acceptors (Lipinski definition) is 4. The summed E-state index contributed by atoms with van der Waals surface area (Å²) in [6.07, 6.45) is 0.691. The third kappa shape index (κ3) is 2.82. The topological polar surface area (TPSA) is 70.5 Å². The van der Waals surface area contributed by atoms with Gasteiger partial charge in [-0.2, -0.15) is 0 Å². The van der Waals surface area contributed by atoms with E-state index in [1.54, 1.807) is 0 Å². The van der Waals surface area contributed by atoms with Crippen molar-refractivity contribution < 1.29 is 9.31 Å². The normalized spacial score (nSPS) is 20.0. The molecule has 1 aliphatic rings. The number of anilines is 1. The maximum Gasteiger partial charge on any atom is 0.462 e. The molecule has 0 saturated carbocycles. The molecule has 4 N–H and O–H groups in total. The fourth-order valence-corrected chi connectivity index (χ4v) is 2.71. The molecule has 116 valence electrons. The second-order valence-electron chi connectivity index (χ2n) is 6.95. The summed E-state index contributed by atoms with van der Waals surface area (Å²) in [6, 6.07) is 2.13. The lowest BCUT2D eigenvalue weighted by Gasteiger charge is -2.32. The Balaban J connectivity index is 2.28. The van der Waals surface area contributed by atoms with Crippen molar-refractivity contribution in [2.24, 2.45) is 5.73 Å². The van der Waals surface area contributed by atoms with Gasteiger partial charge in [0.25, 0.3) is 0 Å². The molecule has 0 atom stereocenters. The van der Waals surface area contributed by atoms with Crippen LogP contribution in [0.1, 0.15) is 49.9 Å². The first kappa shape index (κ1) is 16.3. The van der Waals surface area contributed by atoms with Crippen molar-refractivity contribution in [1.82, 2.24) is 0 Å². The fraction of sp³-hybridized carbons (Fsp3) is 0.625. The molecule has 1 aliphatic heterocycles. The Labute approximate surface area is 128 Å². The molecule has 21 heavy (non-hydrogen) atoms. The van der Waals surface area contributed by atoms with Gasteiger partial charge in [0, 0.05) is 18.6 Å². The van der Waals surface area contributed by atoms with Crippen LogP contribution < -0.4 is 11.5 Å². The van der Waals surface area contributed by atoms with Crippen LogP contribution in [0.4, 0.5) is 5.69 Å². The van der Waals surface area contributed by atoms with Gasteiger partial charge < -0.3 is 20.8 Å². The maximum absolute atomic E-state index is 6.20. The van der Waals surface area contributed by atoms with E-state index in [-0.39, 0.29) is 18.3 Å². The van der Waals surface area contributed by atoms with Gasteiger partial charge >= 0.3 is 7.12 Å². The van der Waals surface area contributed by atoms with Crippen molar-refractivity contribution in [3.63, 3.8) is 0 Å². The zero-order valence-corrected chi connectivity index (χ0v) is 14.0. The Morgan fingerprint density at radius 2 is 1.48 bits per heavy atom. The maximum atomic E-state index is 6.20. The second kappa shape index (κ2) is 5.31. The molecule has 4 nitrogen and oxygen atoms in total. The van der Waals surface area contributed by atoms with Crippen LogP contribution in [0.3, 0.4) is 0 Å². The lowest BCUT2D eigenvalue weighted by molar-refractivity contribution is 0.00578. The number of nitrogens with two attached hydrogens (primary N) is 2. The van der Waals surface area contributed by atoms with Gasteiger partial charge in [0.05, 0.1) is 11.2 Å². The lowest BCUT2D eigenvalue weighted by Crippen LogP contribution is -2.41. The standard InChI is InChI=1S/C16H27BN2O2/c1-10-12(7-13(9-18)11(2)14(10)19)8-17-20-15(3,4)16(5,6)21-17/h7H,8-9,18-19H2,1-6H3. The Kier molecular flexibility index (Phi) is 4.13. The summed E-state index contributed by atoms with van der Waals surface area (Å²) in [5.41, 5.74) is 16.6. The summed E-state index contributed by atoms with van der Waals surface area (Å²) in [6.45, 7) is 12.8. The van der Waals surface area contributed by atoms with Gasteiger partial charge in [0.1, 0.15) is 0 Å². The first-order valence-electron chi connectivity index (χ1n) is 7.52. The van der Waals surface area contributed by atoms with E-state index in [0.717, 1.165) is 27.9 Å². The van der Waals surface area contributed by atoms with Crippen LogP contribution in [0.5, 0.6) is 0 Å². The van der Waals surface area contributed by atoms with Crippen molar-refractivity contribution in [2.75, 3.05) is 5.73 Å². The molecular weight excluding hydrogens is 263 g/mol. The zero-order valence-electron chi connectivity index (χ0n) is 14.0. The van der Waals surface area contributed by atoms with Crippen LogP contribution in [-0.4, -0.2) is 18.3 Å². The highest BCUT2D eigenvalue weighted by Gasteiger charge is 2.50. The molecule has 1 aromatic rings. The zero-order chi connectivity index (χ0) is 16.0. The van der Waals surface area contributed by atoms with E-state index in [2.05, 4.69) is 33.8 Å². The summed E-state index contributed by atoms with van der Waals surface area (Å²) in [7, 11) is -0.249.